The highest BCUT2D eigenvalue weighted by Crippen LogP contribution is 2.27. The number of nitrogens with one attached hydrogen (secondary N) is 1. The maximum Gasteiger partial charge on any atom is 0.251 e. The van der Waals surface area contributed by atoms with Gasteiger partial charge in [0.25, 0.3) is 5.91 Å². The van der Waals surface area contributed by atoms with Crippen LogP contribution in [0.1, 0.15) is 47.2 Å². The molecule has 2 aromatic rings. The maximum atomic E-state index is 12.3. The van der Waals surface area contributed by atoms with Crippen LogP contribution < -0.4 is 10.1 Å². The van der Waals surface area contributed by atoms with Gasteiger partial charge in [0.1, 0.15) is 11.8 Å². The summed E-state index contributed by atoms with van der Waals surface area (Å²) in [6, 6.07) is 14.9. The number of halogens is 1. The standard InChI is InChI=1S/C21H21ClN2O2/c1-14-2-4-15(5-3-14)21(25)24-17-7-10-18(11-8-17)26-19-9-6-16(13-23)20(22)12-19/h2-6,9,12,17-18H,7-8,10-11H2,1H3,(H,24,25)/t17-,18-. The molecule has 0 radical (unpaired) electrons. The molecular weight excluding hydrogens is 348 g/mol. The molecule has 2 aromatic carbocycles. The van der Waals surface area contributed by atoms with E-state index >= 15 is 0 Å². The fourth-order valence-corrected chi connectivity index (χ4v) is 3.36. The molecule has 1 fully saturated rings. The third-order valence-corrected chi connectivity index (χ3v) is 5.00. The summed E-state index contributed by atoms with van der Waals surface area (Å²) in [4.78, 5) is 12.3. The Morgan fingerprint density at radius 1 is 1.15 bits per heavy atom. The van der Waals surface area contributed by atoms with Crippen LogP contribution in [0.3, 0.4) is 0 Å². The molecule has 3 rings (SSSR count). The maximum absolute atomic E-state index is 12.3. The summed E-state index contributed by atoms with van der Waals surface area (Å²) in [7, 11) is 0. The van der Waals surface area contributed by atoms with E-state index in [9.17, 15) is 4.79 Å². The number of hydrogen-bond acceptors (Lipinski definition) is 3. The molecule has 1 aliphatic rings. The molecule has 4 nitrogen and oxygen atoms in total. The van der Waals surface area contributed by atoms with Gasteiger partial charge in [0.15, 0.2) is 0 Å². The van der Waals surface area contributed by atoms with E-state index in [1.165, 1.54) is 0 Å². The molecule has 0 bridgehead atoms. The minimum absolute atomic E-state index is 0.0201. The van der Waals surface area contributed by atoms with Crippen molar-refractivity contribution in [2.75, 3.05) is 0 Å². The summed E-state index contributed by atoms with van der Waals surface area (Å²) in [5, 5.41) is 12.4. The number of rotatable bonds is 4. The van der Waals surface area contributed by atoms with Crippen molar-refractivity contribution >= 4 is 17.5 Å². The van der Waals surface area contributed by atoms with Gasteiger partial charge in [0, 0.05) is 17.7 Å². The van der Waals surface area contributed by atoms with Crippen LogP contribution in [0.4, 0.5) is 0 Å². The summed E-state index contributed by atoms with van der Waals surface area (Å²) >= 11 is 6.05. The molecular formula is C21H21ClN2O2. The number of ether oxygens (including phenoxy) is 1. The average molecular weight is 369 g/mol. The van der Waals surface area contributed by atoms with Crippen LogP contribution in [0.5, 0.6) is 5.75 Å². The van der Waals surface area contributed by atoms with Gasteiger partial charge in [0.05, 0.1) is 16.7 Å². The van der Waals surface area contributed by atoms with Gasteiger partial charge in [0.2, 0.25) is 0 Å². The minimum Gasteiger partial charge on any atom is -0.490 e. The Kier molecular flexibility index (Phi) is 5.80. The topological polar surface area (TPSA) is 62.1 Å². The fourth-order valence-electron chi connectivity index (χ4n) is 3.15. The van der Waals surface area contributed by atoms with Crippen LogP contribution >= 0.6 is 11.6 Å². The molecule has 0 atom stereocenters. The van der Waals surface area contributed by atoms with Crippen LogP contribution in [0.15, 0.2) is 42.5 Å². The average Bonchev–Trinajstić information content (AvgIpc) is 2.64. The summed E-state index contributed by atoms with van der Waals surface area (Å²) < 4.78 is 5.98. The van der Waals surface area contributed by atoms with Crippen LogP contribution in [0, 0.1) is 18.3 Å². The highest BCUT2D eigenvalue weighted by molar-refractivity contribution is 6.31. The third kappa shape index (κ3) is 4.56. The van der Waals surface area contributed by atoms with Crippen molar-refractivity contribution < 1.29 is 9.53 Å². The summed E-state index contributed by atoms with van der Waals surface area (Å²) in [6.07, 6.45) is 3.61. The normalized spacial score (nSPS) is 19.4. The second-order valence-electron chi connectivity index (χ2n) is 6.68. The molecule has 0 spiro atoms. The zero-order chi connectivity index (χ0) is 18.5. The number of hydrogen-bond donors (Lipinski definition) is 1. The molecule has 1 N–H and O–H groups in total. The predicted molar refractivity (Wildman–Crippen MR) is 101 cm³/mol. The predicted octanol–water partition coefficient (Wildman–Crippen LogP) is 4.64. The Bertz CT molecular complexity index is 819. The zero-order valence-electron chi connectivity index (χ0n) is 14.7. The van der Waals surface area contributed by atoms with Crippen molar-refractivity contribution in [1.82, 2.24) is 5.32 Å². The second kappa shape index (κ2) is 8.25. The fraction of sp³-hybridized carbons (Fsp3) is 0.333. The largest absolute Gasteiger partial charge is 0.490 e. The van der Waals surface area contributed by atoms with Gasteiger partial charge in [-0.15, -0.1) is 0 Å². The van der Waals surface area contributed by atoms with E-state index in [0.717, 1.165) is 31.2 Å². The first-order chi connectivity index (χ1) is 12.5. The second-order valence-corrected chi connectivity index (χ2v) is 7.09. The molecule has 1 saturated carbocycles. The molecule has 0 saturated heterocycles. The van der Waals surface area contributed by atoms with E-state index in [0.29, 0.717) is 21.9 Å². The van der Waals surface area contributed by atoms with Crippen molar-refractivity contribution in [3.63, 3.8) is 0 Å². The number of carbonyl (C=O) groups is 1. The molecule has 5 heteroatoms. The molecule has 1 amide bonds. The summed E-state index contributed by atoms with van der Waals surface area (Å²) in [5.41, 5.74) is 2.28. The summed E-state index contributed by atoms with van der Waals surface area (Å²) in [5.74, 6) is 0.661. The van der Waals surface area contributed by atoms with Gasteiger partial charge in [-0.1, -0.05) is 29.3 Å². The van der Waals surface area contributed by atoms with Gasteiger partial charge in [-0.2, -0.15) is 5.26 Å². The lowest BCUT2D eigenvalue weighted by Gasteiger charge is -2.29. The van der Waals surface area contributed by atoms with E-state index in [1.807, 2.05) is 37.3 Å². The van der Waals surface area contributed by atoms with Crippen molar-refractivity contribution in [2.24, 2.45) is 0 Å². The number of carbonyl (C=O) groups excluding carboxylic acids is 1. The quantitative estimate of drug-likeness (QED) is 0.855. The van der Waals surface area contributed by atoms with Crippen molar-refractivity contribution in [2.45, 2.75) is 44.8 Å². The Morgan fingerprint density at radius 3 is 2.46 bits per heavy atom. The Hall–Kier alpha value is -2.51. The molecule has 0 unspecified atom stereocenters. The van der Waals surface area contributed by atoms with Crippen molar-refractivity contribution in [3.05, 3.63) is 64.2 Å². The highest BCUT2D eigenvalue weighted by atomic mass is 35.5. The number of aryl methyl sites for hydroxylation is 1. The van der Waals surface area contributed by atoms with Crippen molar-refractivity contribution in [1.29, 1.82) is 5.26 Å². The van der Waals surface area contributed by atoms with Crippen LogP contribution in [0.2, 0.25) is 5.02 Å². The first kappa shape index (κ1) is 18.3. The van der Waals surface area contributed by atoms with Crippen LogP contribution in [-0.4, -0.2) is 18.1 Å². The lowest BCUT2D eigenvalue weighted by molar-refractivity contribution is 0.0894. The minimum atomic E-state index is -0.0201. The molecule has 0 aromatic heterocycles. The van der Waals surface area contributed by atoms with Gasteiger partial charge in [-0.3, -0.25) is 4.79 Å². The monoisotopic (exact) mass is 368 g/mol. The zero-order valence-corrected chi connectivity index (χ0v) is 15.4. The molecule has 0 aliphatic heterocycles. The molecule has 0 heterocycles. The Balaban J connectivity index is 1.49. The smallest absolute Gasteiger partial charge is 0.251 e. The van der Waals surface area contributed by atoms with Gasteiger partial charge < -0.3 is 10.1 Å². The number of benzene rings is 2. The van der Waals surface area contributed by atoms with Gasteiger partial charge in [-0.25, -0.2) is 0 Å². The first-order valence-electron chi connectivity index (χ1n) is 8.79. The van der Waals surface area contributed by atoms with Crippen LogP contribution in [-0.2, 0) is 0 Å². The van der Waals surface area contributed by atoms with E-state index in [2.05, 4.69) is 5.32 Å². The highest BCUT2D eigenvalue weighted by Gasteiger charge is 2.24. The Morgan fingerprint density at radius 2 is 1.85 bits per heavy atom. The SMILES string of the molecule is Cc1ccc(C(=O)N[C@H]2CC[C@H](Oc3ccc(C#N)c(Cl)c3)CC2)cc1. The van der Waals surface area contributed by atoms with E-state index in [4.69, 9.17) is 21.6 Å². The number of nitriles is 1. The lowest BCUT2D eigenvalue weighted by atomic mass is 9.92. The first-order valence-corrected chi connectivity index (χ1v) is 9.17. The molecule has 1 aliphatic carbocycles. The van der Waals surface area contributed by atoms with Gasteiger partial charge >= 0.3 is 0 Å². The van der Waals surface area contributed by atoms with E-state index in [-0.39, 0.29) is 18.1 Å². The summed E-state index contributed by atoms with van der Waals surface area (Å²) in [6.45, 7) is 2.00. The van der Waals surface area contributed by atoms with Crippen molar-refractivity contribution in [3.8, 4) is 11.8 Å². The van der Waals surface area contributed by atoms with Gasteiger partial charge in [-0.05, 0) is 56.9 Å². The lowest BCUT2D eigenvalue weighted by Crippen LogP contribution is -2.39. The molecule has 26 heavy (non-hydrogen) atoms. The van der Waals surface area contributed by atoms with Crippen LogP contribution in [0.25, 0.3) is 0 Å². The molecule has 134 valence electrons. The Labute approximate surface area is 158 Å². The number of nitrogens with zero attached hydrogens (tertiary/aromatic N) is 1. The number of amides is 1. The third-order valence-electron chi connectivity index (χ3n) is 4.69. The van der Waals surface area contributed by atoms with E-state index < -0.39 is 0 Å². The van der Waals surface area contributed by atoms with E-state index in [1.54, 1.807) is 18.2 Å².